The minimum atomic E-state index is -1.40. The number of hydrogen-bond donors (Lipinski definition) is 1. The topological polar surface area (TPSA) is 138 Å². The van der Waals surface area contributed by atoms with Crippen molar-refractivity contribution in [2.75, 3.05) is 9.80 Å². The summed E-state index contributed by atoms with van der Waals surface area (Å²) in [5, 5.41) is 22.3. The summed E-state index contributed by atoms with van der Waals surface area (Å²) in [4.78, 5) is 69.2. The van der Waals surface area contributed by atoms with E-state index >= 15 is 0 Å². The number of nitro benzene ring substituents is 1. The van der Waals surface area contributed by atoms with E-state index in [4.69, 9.17) is 11.6 Å². The van der Waals surface area contributed by atoms with Gasteiger partial charge in [0.1, 0.15) is 11.6 Å². The molecule has 0 bridgehead atoms. The molecular weight excluding hydrogens is 617 g/mol. The lowest BCUT2D eigenvalue weighted by atomic mass is 9.51. The zero-order valence-corrected chi connectivity index (χ0v) is 25.4. The fourth-order valence-electron chi connectivity index (χ4n) is 8.12. The van der Waals surface area contributed by atoms with Crippen LogP contribution < -0.4 is 9.80 Å². The van der Waals surface area contributed by atoms with Gasteiger partial charge in [-0.2, -0.15) is 0 Å². The van der Waals surface area contributed by atoms with E-state index in [2.05, 4.69) is 0 Å². The predicted octanol–water partition coefficient (Wildman–Crippen LogP) is 5.84. The summed E-state index contributed by atoms with van der Waals surface area (Å²) in [6.07, 6.45) is 2.13. The Labute approximate surface area is 267 Å². The molecule has 10 nitrogen and oxygen atoms in total. The zero-order chi connectivity index (χ0) is 32.8. The molecule has 3 aromatic carbocycles. The van der Waals surface area contributed by atoms with E-state index in [-0.39, 0.29) is 40.7 Å². The number of carbonyl (C=O) groups excluding carboxylic acids is 4. The van der Waals surface area contributed by atoms with Crippen LogP contribution in [0.25, 0.3) is 0 Å². The average Bonchev–Trinajstić information content (AvgIpc) is 3.40. The van der Waals surface area contributed by atoms with Crippen LogP contribution in [0.3, 0.4) is 0 Å². The minimum Gasteiger partial charge on any atom is -0.507 e. The molecule has 2 saturated heterocycles. The molecule has 3 aromatic rings. The number of imide groups is 2. The van der Waals surface area contributed by atoms with Gasteiger partial charge in [-0.05, 0) is 68.5 Å². The van der Waals surface area contributed by atoms with Crippen LogP contribution in [0.2, 0.25) is 5.02 Å². The van der Waals surface area contributed by atoms with Crippen molar-refractivity contribution < 1.29 is 33.6 Å². The first-order valence-corrected chi connectivity index (χ1v) is 15.2. The minimum absolute atomic E-state index is 0.0407. The third-order valence-corrected chi connectivity index (χ3v) is 10.6. The lowest BCUT2D eigenvalue weighted by Gasteiger charge is -2.49. The number of phenols is 1. The van der Waals surface area contributed by atoms with Gasteiger partial charge in [-0.15, -0.1) is 0 Å². The van der Waals surface area contributed by atoms with Crippen LogP contribution in [-0.2, 0) is 19.2 Å². The quantitative estimate of drug-likeness (QED) is 0.163. The van der Waals surface area contributed by atoms with E-state index in [0.717, 1.165) is 15.9 Å². The zero-order valence-electron chi connectivity index (χ0n) is 24.6. The number of fused-ring (bicyclic) bond motifs is 4. The van der Waals surface area contributed by atoms with E-state index in [0.29, 0.717) is 16.7 Å². The highest BCUT2D eigenvalue weighted by Crippen LogP contribution is 2.64. The second-order valence-electron chi connectivity index (χ2n) is 12.6. The number of aromatic hydroxyl groups is 1. The predicted molar refractivity (Wildman–Crippen MR) is 164 cm³/mol. The smallest absolute Gasteiger partial charge is 0.269 e. The molecule has 0 aromatic heterocycles. The van der Waals surface area contributed by atoms with E-state index in [9.17, 15) is 38.8 Å². The van der Waals surface area contributed by atoms with Gasteiger partial charge >= 0.3 is 0 Å². The summed E-state index contributed by atoms with van der Waals surface area (Å²) in [5.74, 6) is -6.79. The van der Waals surface area contributed by atoms with Crippen molar-refractivity contribution in [3.63, 3.8) is 0 Å². The van der Waals surface area contributed by atoms with Crippen LogP contribution >= 0.6 is 11.6 Å². The summed E-state index contributed by atoms with van der Waals surface area (Å²) >= 11 is 6.04. The molecule has 1 N–H and O–H groups in total. The highest BCUT2D eigenvalue weighted by Gasteiger charge is 2.68. The molecule has 0 spiro atoms. The van der Waals surface area contributed by atoms with Gasteiger partial charge in [0.2, 0.25) is 23.6 Å². The van der Waals surface area contributed by atoms with Crippen molar-refractivity contribution in [2.24, 2.45) is 29.1 Å². The second-order valence-corrected chi connectivity index (χ2v) is 13.0. The van der Waals surface area contributed by atoms with E-state index < -0.39 is 69.4 Å². The van der Waals surface area contributed by atoms with E-state index in [1.807, 2.05) is 6.08 Å². The van der Waals surface area contributed by atoms with Crippen LogP contribution in [0, 0.1) is 51.9 Å². The number of benzene rings is 3. The summed E-state index contributed by atoms with van der Waals surface area (Å²) in [5.41, 5.74) is 0.394. The molecule has 2 aliphatic heterocycles. The van der Waals surface area contributed by atoms with E-state index in [1.165, 1.54) is 36.4 Å². The number of carbonyl (C=O) groups is 4. The first-order valence-electron chi connectivity index (χ1n) is 14.8. The molecule has 3 fully saturated rings. The van der Waals surface area contributed by atoms with Crippen molar-refractivity contribution in [3.05, 3.63) is 104 Å². The molecule has 2 aliphatic carbocycles. The number of allylic oxidation sites excluding steroid dienone is 2. The van der Waals surface area contributed by atoms with Gasteiger partial charge in [-0.25, -0.2) is 9.29 Å². The molecule has 2 heterocycles. The Balaban J connectivity index is 1.36. The molecule has 4 aliphatic rings. The molecule has 6 atom stereocenters. The molecule has 6 unspecified atom stereocenters. The third-order valence-electron chi connectivity index (χ3n) is 10.3. The molecule has 4 amide bonds. The number of rotatable bonds is 4. The van der Waals surface area contributed by atoms with Crippen molar-refractivity contribution in [3.8, 4) is 5.75 Å². The molecule has 0 radical (unpaired) electrons. The van der Waals surface area contributed by atoms with Gasteiger partial charge < -0.3 is 5.11 Å². The Bertz CT molecular complexity index is 1930. The van der Waals surface area contributed by atoms with Crippen molar-refractivity contribution in [1.29, 1.82) is 0 Å². The number of anilines is 2. The largest absolute Gasteiger partial charge is 0.507 e. The van der Waals surface area contributed by atoms with Crippen molar-refractivity contribution in [2.45, 2.75) is 32.6 Å². The van der Waals surface area contributed by atoms with Crippen molar-refractivity contribution in [1.82, 2.24) is 0 Å². The number of nitro groups is 1. The summed E-state index contributed by atoms with van der Waals surface area (Å²) in [7, 11) is 0. The maximum Gasteiger partial charge on any atom is 0.269 e. The summed E-state index contributed by atoms with van der Waals surface area (Å²) < 4.78 is 14.1. The molecular formula is C34H27ClFN3O7. The molecule has 46 heavy (non-hydrogen) atoms. The number of nitrogens with zero attached hydrogens (tertiary/aromatic N) is 3. The number of phenolic OH excluding ortho intramolecular Hbond substituents is 1. The normalized spacial score (nSPS) is 28.6. The number of para-hydroxylation sites is 1. The van der Waals surface area contributed by atoms with Gasteiger partial charge in [0.15, 0.2) is 0 Å². The lowest BCUT2D eigenvalue weighted by Crippen LogP contribution is -2.49. The molecule has 1 saturated carbocycles. The summed E-state index contributed by atoms with van der Waals surface area (Å²) in [6.45, 7) is 3.41. The fraction of sp³-hybridized carbons (Fsp3) is 0.294. The highest BCUT2D eigenvalue weighted by molar-refractivity contribution is 6.32. The summed E-state index contributed by atoms with van der Waals surface area (Å²) in [6, 6.07) is 13.9. The Morgan fingerprint density at radius 1 is 0.957 bits per heavy atom. The van der Waals surface area contributed by atoms with Crippen LogP contribution in [0.4, 0.5) is 21.5 Å². The van der Waals surface area contributed by atoms with Gasteiger partial charge in [0.05, 0.1) is 44.5 Å². The van der Waals surface area contributed by atoms with Gasteiger partial charge in [0, 0.05) is 23.6 Å². The lowest BCUT2D eigenvalue weighted by molar-refractivity contribution is -0.384. The Morgan fingerprint density at radius 3 is 2.33 bits per heavy atom. The van der Waals surface area contributed by atoms with Gasteiger partial charge in [-0.3, -0.25) is 34.2 Å². The fourth-order valence-corrected chi connectivity index (χ4v) is 8.30. The Hall–Kier alpha value is -4.90. The SMILES string of the molecule is Cc1cccc(C2C3=CCC4C(=O)N(c5ccc([N+](=O)[O-])cc5)C(=O)C4C3CC3C(=O)N(c4ccc(F)c(Cl)c4)C(=O)C32C)c1O. The number of non-ortho nitro benzene ring substituents is 1. The first-order chi connectivity index (χ1) is 21.9. The van der Waals surface area contributed by atoms with Gasteiger partial charge in [-0.1, -0.05) is 41.4 Å². The van der Waals surface area contributed by atoms with Crippen LogP contribution in [0.5, 0.6) is 5.75 Å². The number of halogens is 2. The Morgan fingerprint density at radius 2 is 1.65 bits per heavy atom. The maximum absolute atomic E-state index is 14.5. The third kappa shape index (κ3) is 4.00. The number of aryl methyl sites for hydroxylation is 1. The standard InChI is InChI=1S/C34H27ClFN3O7/c1-16-4-3-5-22(29(16)40)28-20-11-12-21-27(32(43)37(30(21)41)17-6-8-18(9-7-17)39(45)46)23(20)15-24-31(42)38(33(44)34(24,28)2)19-10-13-26(36)25(35)14-19/h3-11,13-14,21,23-24,27-28,40H,12,15H2,1-2H3. The highest BCUT2D eigenvalue weighted by atomic mass is 35.5. The average molecular weight is 644 g/mol. The number of hydrogen-bond acceptors (Lipinski definition) is 7. The molecule has 12 heteroatoms. The number of amides is 4. The molecule has 7 rings (SSSR count). The maximum atomic E-state index is 14.5. The molecule has 234 valence electrons. The van der Waals surface area contributed by atoms with E-state index in [1.54, 1.807) is 32.0 Å². The Kier molecular flexibility index (Phi) is 6.68. The van der Waals surface area contributed by atoms with Crippen LogP contribution in [0.15, 0.2) is 72.3 Å². The second kappa shape index (κ2) is 10.3. The monoisotopic (exact) mass is 643 g/mol. The van der Waals surface area contributed by atoms with Crippen LogP contribution in [0.1, 0.15) is 36.8 Å². The first kappa shape index (κ1) is 29.8. The van der Waals surface area contributed by atoms with Gasteiger partial charge in [0.25, 0.3) is 5.69 Å². The van der Waals surface area contributed by atoms with Crippen molar-refractivity contribution >= 4 is 52.3 Å². The van der Waals surface area contributed by atoms with Crippen LogP contribution in [-0.4, -0.2) is 33.7 Å².